The highest BCUT2D eigenvalue weighted by atomic mass is 16.5. The van der Waals surface area contributed by atoms with E-state index in [9.17, 15) is 4.79 Å². The molecule has 1 aromatic rings. The summed E-state index contributed by atoms with van der Waals surface area (Å²) in [5, 5.41) is 0. The van der Waals surface area contributed by atoms with Crippen LogP contribution in [0, 0.1) is 6.42 Å². The van der Waals surface area contributed by atoms with Crippen molar-refractivity contribution in [2.45, 2.75) is 52.1 Å². The summed E-state index contributed by atoms with van der Waals surface area (Å²) in [4.78, 5) is 11.6. The van der Waals surface area contributed by atoms with Gasteiger partial charge in [0.05, 0.1) is 6.42 Å². The maximum absolute atomic E-state index is 11.6. The van der Waals surface area contributed by atoms with Crippen LogP contribution in [0.1, 0.15) is 57.6 Å². The van der Waals surface area contributed by atoms with Crippen molar-refractivity contribution in [1.82, 2.24) is 0 Å². The van der Waals surface area contributed by atoms with Gasteiger partial charge in [0.2, 0.25) is 0 Å². The molecule has 0 aliphatic rings. The Labute approximate surface area is 110 Å². The number of carbonyl (C=O) groups is 1. The van der Waals surface area contributed by atoms with E-state index in [0.717, 1.165) is 18.4 Å². The van der Waals surface area contributed by atoms with Crippen molar-refractivity contribution in [3.63, 3.8) is 0 Å². The van der Waals surface area contributed by atoms with Crippen molar-refractivity contribution in [1.29, 1.82) is 0 Å². The van der Waals surface area contributed by atoms with E-state index in [-0.39, 0.29) is 12.1 Å². The molecule has 2 heteroatoms. The summed E-state index contributed by atoms with van der Waals surface area (Å²) in [6.45, 7) is 4.08. The van der Waals surface area contributed by atoms with Gasteiger partial charge in [-0.1, -0.05) is 62.9 Å². The van der Waals surface area contributed by atoms with Crippen LogP contribution in [0.15, 0.2) is 30.3 Å². The molecule has 0 fully saturated rings. The SMILES string of the molecule is CCCCCC[CH]C(=O)OC(C)c1ccccc1. The molecule has 0 aromatic heterocycles. The molecule has 0 saturated heterocycles. The molecule has 1 radical (unpaired) electrons. The minimum absolute atomic E-state index is 0.175. The predicted molar refractivity (Wildman–Crippen MR) is 74.0 cm³/mol. The van der Waals surface area contributed by atoms with Crippen molar-refractivity contribution < 1.29 is 9.53 Å². The molecule has 0 heterocycles. The summed E-state index contributed by atoms with van der Waals surface area (Å²) < 4.78 is 5.35. The van der Waals surface area contributed by atoms with E-state index in [1.54, 1.807) is 6.42 Å². The lowest BCUT2D eigenvalue weighted by Crippen LogP contribution is -2.09. The Bertz CT molecular complexity index is 332. The largest absolute Gasteiger partial charge is 0.458 e. The summed E-state index contributed by atoms with van der Waals surface area (Å²) in [5.74, 6) is -0.206. The number of benzene rings is 1. The lowest BCUT2D eigenvalue weighted by molar-refractivity contribution is -0.144. The Kier molecular flexibility index (Phi) is 7.16. The summed E-state index contributed by atoms with van der Waals surface area (Å²) in [6, 6.07) is 9.80. The van der Waals surface area contributed by atoms with Crippen molar-refractivity contribution in [3.05, 3.63) is 42.3 Å². The minimum Gasteiger partial charge on any atom is -0.458 e. The third-order valence-corrected chi connectivity index (χ3v) is 2.93. The highest BCUT2D eigenvalue weighted by Crippen LogP contribution is 2.17. The lowest BCUT2D eigenvalue weighted by atomic mass is 10.1. The first-order valence-electron chi connectivity index (χ1n) is 6.82. The molecule has 0 amide bonds. The fourth-order valence-corrected chi connectivity index (χ4v) is 1.81. The molecular weight excluding hydrogens is 224 g/mol. The van der Waals surface area contributed by atoms with Gasteiger partial charge >= 0.3 is 5.97 Å². The number of hydrogen-bond donors (Lipinski definition) is 0. The number of rotatable bonds is 8. The highest BCUT2D eigenvalue weighted by molar-refractivity contribution is 5.78. The van der Waals surface area contributed by atoms with E-state index in [4.69, 9.17) is 4.74 Å². The molecule has 0 spiro atoms. The normalized spacial score (nSPS) is 12.1. The van der Waals surface area contributed by atoms with Gasteiger partial charge in [-0.15, -0.1) is 0 Å². The molecule has 99 valence electrons. The summed E-state index contributed by atoms with van der Waals surface area (Å²) in [5.41, 5.74) is 1.03. The monoisotopic (exact) mass is 247 g/mol. The Morgan fingerprint density at radius 1 is 1.22 bits per heavy atom. The van der Waals surface area contributed by atoms with Crippen LogP contribution in [0.5, 0.6) is 0 Å². The summed E-state index contributed by atoms with van der Waals surface area (Å²) in [6.07, 6.45) is 7.02. The van der Waals surface area contributed by atoms with Gasteiger partial charge in [-0.3, -0.25) is 4.79 Å². The van der Waals surface area contributed by atoms with Crippen LogP contribution in [0.3, 0.4) is 0 Å². The van der Waals surface area contributed by atoms with Gasteiger partial charge in [-0.25, -0.2) is 0 Å². The molecule has 1 rings (SSSR count). The number of esters is 1. The average molecular weight is 247 g/mol. The standard InChI is InChI=1S/C16H23O2/c1-3-4-5-6-10-13-16(17)18-14(2)15-11-8-7-9-12-15/h7-9,11-14H,3-6,10H2,1-2H3. The third-order valence-electron chi connectivity index (χ3n) is 2.93. The van der Waals surface area contributed by atoms with Gasteiger partial charge in [0.25, 0.3) is 0 Å². The zero-order chi connectivity index (χ0) is 13.2. The minimum atomic E-state index is -0.206. The van der Waals surface area contributed by atoms with Crippen LogP contribution >= 0.6 is 0 Å². The van der Waals surface area contributed by atoms with E-state index in [0.29, 0.717) is 0 Å². The van der Waals surface area contributed by atoms with Crippen molar-refractivity contribution in [3.8, 4) is 0 Å². The van der Waals surface area contributed by atoms with Crippen LogP contribution in [0.2, 0.25) is 0 Å². The van der Waals surface area contributed by atoms with Gasteiger partial charge < -0.3 is 4.74 Å². The zero-order valence-electron chi connectivity index (χ0n) is 11.4. The maximum atomic E-state index is 11.6. The summed E-state index contributed by atoms with van der Waals surface area (Å²) in [7, 11) is 0. The molecule has 0 aliphatic heterocycles. The molecular formula is C16H23O2. The quantitative estimate of drug-likeness (QED) is 0.500. The fraction of sp³-hybridized carbons (Fsp3) is 0.500. The highest BCUT2D eigenvalue weighted by Gasteiger charge is 2.10. The van der Waals surface area contributed by atoms with E-state index in [2.05, 4.69) is 6.92 Å². The van der Waals surface area contributed by atoms with Crippen LogP contribution < -0.4 is 0 Å². The third kappa shape index (κ3) is 5.85. The van der Waals surface area contributed by atoms with Gasteiger partial charge in [-0.2, -0.15) is 0 Å². The topological polar surface area (TPSA) is 26.3 Å². The van der Waals surface area contributed by atoms with E-state index in [1.807, 2.05) is 37.3 Å². The van der Waals surface area contributed by atoms with Crippen molar-refractivity contribution in [2.24, 2.45) is 0 Å². The lowest BCUT2D eigenvalue weighted by Gasteiger charge is -2.13. The van der Waals surface area contributed by atoms with Gasteiger partial charge in [0.15, 0.2) is 0 Å². The second-order valence-electron chi connectivity index (χ2n) is 4.54. The molecule has 0 aliphatic carbocycles. The van der Waals surface area contributed by atoms with Gasteiger partial charge in [0.1, 0.15) is 6.10 Å². The van der Waals surface area contributed by atoms with Crippen LogP contribution in [-0.2, 0) is 9.53 Å². The van der Waals surface area contributed by atoms with Gasteiger partial charge in [-0.05, 0) is 18.9 Å². The van der Waals surface area contributed by atoms with E-state index >= 15 is 0 Å². The predicted octanol–water partition coefficient (Wildman–Crippen LogP) is 4.47. The summed E-state index contributed by atoms with van der Waals surface area (Å²) >= 11 is 0. The molecule has 0 saturated carbocycles. The maximum Gasteiger partial charge on any atom is 0.310 e. The van der Waals surface area contributed by atoms with Crippen molar-refractivity contribution >= 4 is 5.97 Å². The first kappa shape index (κ1) is 14.7. The Morgan fingerprint density at radius 3 is 2.61 bits per heavy atom. The second kappa shape index (κ2) is 8.73. The van der Waals surface area contributed by atoms with Gasteiger partial charge in [0, 0.05) is 0 Å². The number of hydrogen-bond acceptors (Lipinski definition) is 2. The van der Waals surface area contributed by atoms with E-state index in [1.165, 1.54) is 19.3 Å². The average Bonchev–Trinajstić information content (AvgIpc) is 2.39. The zero-order valence-corrected chi connectivity index (χ0v) is 11.4. The first-order valence-corrected chi connectivity index (χ1v) is 6.82. The van der Waals surface area contributed by atoms with Crippen LogP contribution in [0.4, 0.5) is 0 Å². The Morgan fingerprint density at radius 2 is 1.94 bits per heavy atom. The molecule has 1 unspecified atom stereocenters. The molecule has 0 bridgehead atoms. The fourth-order valence-electron chi connectivity index (χ4n) is 1.81. The number of carbonyl (C=O) groups excluding carboxylic acids is 1. The smallest absolute Gasteiger partial charge is 0.310 e. The molecule has 1 atom stereocenters. The Balaban J connectivity index is 2.20. The molecule has 18 heavy (non-hydrogen) atoms. The van der Waals surface area contributed by atoms with E-state index < -0.39 is 0 Å². The number of ether oxygens (including phenoxy) is 1. The van der Waals surface area contributed by atoms with Crippen LogP contribution in [-0.4, -0.2) is 5.97 Å². The molecule has 0 N–H and O–H groups in total. The molecule has 1 aromatic carbocycles. The van der Waals surface area contributed by atoms with Crippen molar-refractivity contribution in [2.75, 3.05) is 0 Å². The molecule has 2 nitrogen and oxygen atoms in total. The Hall–Kier alpha value is -1.31. The van der Waals surface area contributed by atoms with Crippen LogP contribution in [0.25, 0.3) is 0 Å². The first-order chi connectivity index (χ1) is 8.74. The number of unbranched alkanes of at least 4 members (excludes halogenated alkanes) is 4. The second-order valence-corrected chi connectivity index (χ2v) is 4.54.